The van der Waals surface area contributed by atoms with Gasteiger partial charge in [-0.05, 0) is 30.7 Å². The van der Waals surface area contributed by atoms with Crippen LogP contribution < -0.4 is 10.5 Å². The van der Waals surface area contributed by atoms with Crippen LogP contribution in [-0.2, 0) is 6.61 Å². The first-order valence-corrected chi connectivity index (χ1v) is 5.87. The van der Waals surface area contributed by atoms with E-state index in [9.17, 15) is 4.39 Å². The molecule has 2 aromatic rings. The molecule has 0 atom stereocenters. The number of halogens is 2. The third-order valence-corrected chi connectivity index (χ3v) is 3.03. The third-order valence-electron chi connectivity index (χ3n) is 2.68. The summed E-state index contributed by atoms with van der Waals surface area (Å²) < 4.78 is 18.5. The van der Waals surface area contributed by atoms with Crippen LogP contribution in [0.3, 0.4) is 0 Å². The molecule has 2 N–H and O–H groups in total. The molecule has 0 saturated carbocycles. The molecule has 0 spiro atoms. The Hall–Kier alpha value is -1.74. The summed E-state index contributed by atoms with van der Waals surface area (Å²) in [6.07, 6.45) is 0. The third kappa shape index (κ3) is 2.74. The Morgan fingerprint density at radius 3 is 2.78 bits per heavy atom. The molecule has 2 aromatic carbocycles. The van der Waals surface area contributed by atoms with Crippen LogP contribution in [0.25, 0.3) is 0 Å². The quantitative estimate of drug-likeness (QED) is 0.853. The standard InChI is InChI=1S/C14H13ClFNO/c1-9-3-2-4-13(14(9)17)18-8-10-5-6-11(16)7-12(10)15/h2-7H,8,17H2,1H3. The number of hydrogen-bond acceptors (Lipinski definition) is 2. The molecule has 0 aliphatic rings. The van der Waals surface area contributed by atoms with Crippen LogP contribution in [0, 0.1) is 12.7 Å². The van der Waals surface area contributed by atoms with Crippen LogP contribution in [-0.4, -0.2) is 0 Å². The largest absolute Gasteiger partial charge is 0.487 e. The molecule has 0 amide bonds. The molecule has 0 saturated heterocycles. The highest BCUT2D eigenvalue weighted by Gasteiger charge is 2.06. The topological polar surface area (TPSA) is 35.2 Å². The van der Waals surface area contributed by atoms with Gasteiger partial charge in [-0.2, -0.15) is 0 Å². The zero-order chi connectivity index (χ0) is 13.1. The normalized spacial score (nSPS) is 10.4. The van der Waals surface area contributed by atoms with Gasteiger partial charge in [0.05, 0.1) is 10.7 Å². The minimum Gasteiger partial charge on any atom is -0.487 e. The van der Waals surface area contributed by atoms with Crippen molar-refractivity contribution in [2.24, 2.45) is 0 Å². The molecule has 0 bridgehead atoms. The second kappa shape index (κ2) is 5.27. The van der Waals surface area contributed by atoms with E-state index in [0.29, 0.717) is 16.5 Å². The Morgan fingerprint density at radius 2 is 2.06 bits per heavy atom. The van der Waals surface area contributed by atoms with Crippen molar-refractivity contribution in [2.45, 2.75) is 13.5 Å². The summed E-state index contributed by atoms with van der Waals surface area (Å²) in [4.78, 5) is 0. The lowest BCUT2D eigenvalue weighted by atomic mass is 10.2. The van der Waals surface area contributed by atoms with Crippen molar-refractivity contribution in [3.05, 3.63) is 58.4 Å². The molecule has 18 heavy (non-hydrogen) atoms. The SMILES string of the molecule is Cc1cccc(OCc2ccc(F)cc2Cl)c1N. The smallest absolute Gasteiger partial charge is 0.142 e. The molecular formula is C14H13ClFNO. The van der Waals surface area contributed by atoms with Crippen molar-refractivity contribution in [2.75, 3.05) is 5.73 Å². The van der Waals surface area contributed by atoms with E-state index in [4.69, 9.17) is 22.1 Å². The summed E-state index contributed by atoms with van der Waals surface area (Å²) in [5.41, 5.74) is 8.18. The summed E-state index contributed by atoms with van der Waals surface area (Å²) in [7, 11) is 0. The highest BCUT2D eigenvalue weighted by Crippen LogP contribution is 2.26. The van der Waals surface area contributed by atoms with Gasteiger partial charge in [0.1, 0.15) is 18.2 Å². The maximum absolute atomic E-state index is 12.9. The van der Waals surface area contributed by atoms with Crippen LogP contribution in [0.5, 0.6) is 5.75 Å². The van der Waals surface area contributed by atoms with E-state index in [-0.39, 0.29) is 12.4 Å². The number of hydrogen-bond donors (Lipinski definition) is 1. The lowest BCUT2D eigenvalue weighted by Crippen LogP contribution is -2.00. The average Bonchev–Trinajstić information content (AvgIpc) is 2.33. The first-order chi connectivity index (χ1) is 8.58. The second-order valence-electron chi connectivity index (χ2n) is 4.01. The molecule has 0 radical (unpaired) electrons. The summed E-state index contributed by atoms with van der Waals surface area (Å²) in [5.74, 6) is 0.245. The highest BCUT2D eigenvalue weighted by atomic mass is 35.5. The van der Waals surface area contributed by atoms with Gasteiger partial charge >= 0.3 is 0 Å². The van der Waals surface area contributed by atoms with Crippen LogP contribution in [0.15, 0.2) is 36.4 Å². The minimum atomic E-state index is -0.362. The summed E-state index contributed by atoms with van der Waals surface area (Å²) >= 11 is 5.92. The Kier molecular flexibility index (Phi) is 3.72. The summed E-state index contributed by atoms with van der Waals surface area (Å²) in [6, 6.07) is 9.79. The second-order valence-corrected chi connectivity index (χ2v) is 4.42. The minimum absolute atomic E-state index is 0.257. The van der Waals surface area contributed by atoms with E-state index in [2.05, 4.69) is 0 Å². The molecule has 0 aliphatic carbocycles. The highest BCUT2D eigenvalue weighted by molar-refractivity contribution is 6.31. The molecule has 2 rings (SSSR count). The first-order valence-electron chi connectivity index (χ1n) is 5.50. The van der Waals surface area contributed by atoms with Gasteiger partial charge < -0.3 is 10.5 Å². The fourth-order valence-electron chi connectivity index (χ4n) is 1.57. The number of rotatable bonds is 3. The van der Waals surface area contributed by atoms with E-state index in [1.54, 1.807) is 12.1 Å². The van der Waals surface area contributed by atoms with Crippen LogP contribution in [0.1, 0.15) is 11.1 Å². The Morgan fingerprint density at radius 1 is 1.28 bits per heavy atom. The first kappa shape index (κ1) is 12.7. The summed E-state index contributed by atoms with van der Waals surface area (Å²) in [5, 5.41) is 0.348. The number of para-hydroxylation sites is 1. The lowest BCUT2D eigenvalue weighted by molar-refractivity contribution is 0.307. The van der Waals surface area contributed by atoms with Crippen molar-refractivity contribution < 1.29 is 9.13 Å². The number of nitrogen functional groups attached to an aromatic ring is 1. The van der Waals surface area contributed by atoms with Gasteiger partial charge in [-0.3, -0.25) is 0 Å². The molecule has 0 fully saturated rings. The van der Waals surface area contributed by atoms with E-state index in [0.717, 1.165) is 11.1 Å². The van der Waals surface area contributed by atoms with Crippen molar-refractivity contribution in [1.29, 1.82) is 0 Å². The fourth-order valence-corrected chi connectivity index (χ4v) is 1.80. The predicted molar refractivity (Wildman–Crippen MR) is 71.3 cm³/mol. The summed E-state index contributed by atoms with van der Waals surface area (Å²) in [6.45, 7) is 2.17. The number of aryl methyl sites for hydroxylation is 1. The van der Waals surface area contributed by atoms with E-state index in [1.807, 2.05) is 19.1 Å². The van der Waals surface area contributed by atoms with Gasteiger partial charge in [0.2, 0.25) is 0 Å². The molecule has 0 aliphatic heterocycles. The van der Waals surface area contributed by atoms with E-state index in [1.165, 1.54) is 12.1 Å². The Labute approximate surface area is 110 Å². The zero-order valence-electron chi connectivity index (χ0n) is 9.91. The molecule has 0 unspecified atom stereocenters. The van der Waals surface area contributed by atoms with Gasteiger partial charge in [0.15, 0.2) is 0 Å². The maximum atomic E-state index is 12.9. The fraction of sp³-hybridized carbons (Fsp3) is 0.143. The zero-order valence-corrected chi connectivity index (χ0v) is 10.7. The maximum Gasteiger partial charge on any atom is 0.142 e. The monoisotopic (exact) mass is 265 g/mol. The Bertz CT molecular complexity index is 572. The number of anilines is 1. The molecular weight excluding hydrogens is 253 g/mol. The average molecular weight is 266 g/mol. The van der Waals surface area contributed by atoms with Crippen LogP contribution in [0.4, 0.5) is 10.1 Å². The molecule has 2 nitrogen and oxygen atoms in total. The van der Waals surface area contributed by atoms with Crippen LogP contribution >= 0.6 is 11.6 Å². The van der Waals surface area contributed by atoms with Crippen LogP contribution in [0.2, 0.25) is 5.02 Å². The molecule has 0 heterocycles. The van der Waals surface area contributed by atoms with Crippen molar-refractivity contribution in [3.8, 4) is 5.75 Å². The number of benzene rings is 2. The van der Waals surface area contributed by atoms with Gasteiger partial charge in [-0.1, -0.05) is 29.8 Å². The molecule has 4 heteroatoms. The van der Waals surface area contributed by atoms with Gasteiger partial charge in [0.25, 0.3) is 0 Å². The predicted octanol–water partition coefficient (Wildman–Crippen LogP) is 3.95. The number of nitrogens with two attached hydrogens (primary N) is 1. The van der Waals surface area contributed by atoms with E-state index >= 15 is 0 Å². The molecule has 94 valence electrons. The Balaban J connectivity index is 2.14. The van der Waals surface area contributed by atoms with Crippen molar-refractivity contribution in [3.63, 3.8) is 0 Å². The number of ether oxygens (including phenoxy) is 1. The molecule has 0 aromatic heterocycles. The van der Waals surface area contributed by atoms with Crippen molar-refractivity contribution in [1.82, 2.24) is 0 Å². The van der Waals surface area contributed by atoms with Gasteiger partial charge in [-0.15, -0.1) is 0 Å². The van der Waals surface area contributed by atoms with Crippen molar-refractivity contribution >= 4 is 17.3 Å². The van der Waals surface area contributed by atoms with Gasteiger partial charge in [0, 0.05) is 5.56 Å². The lowest BCUT2D eigenvalue weighted by Gasteiger charge is -2.11. The van der Waals surface area contributed by atoms with Gasteiger partial charge in [-0.25, -0.2) is 4.39 Å². The van der Waals surface area contributed by atoms with E-state index < -0.39 is 0 Å².